The lowest BCUT2D eigenvalue weighted by atomic mass is 10.1. The van der Waals surface area contributed by atoms with E-state index in [0.717, 1.165) is 21.7 Å². The highest BCUT2D eigenvalue weighted by Crippen LogP contribution is 2.33. The Kier molecular flexibility index (Phi) is 9.02. The van der Waals surface area contributed by atoms with Crippen LogP contribution in [0.3, 0.4) is 0 Å². The predicted octanol–water partition coefficient (Wildman–Crippen LogP) is 4.40. The second-order valence-electron chi connectivity index (χ2n) is 9.21. The van der Waals surface area contributed by atoms with Gasteiger partial charge in [0.15, 0.2) is 0 Å². The van der Waals surface area contributed by atoms with Crippen LogP contribution >= 0.6 is 23.2 Å². The molecule has 2 rings (SSSR count). The minimum atomic E-state index is -3.90. The Morgan fingerprint density at radius 3 is 2.24 bits per heavy atom. The molecule has 1 atom stereocenters. The van der Waals surface area contributed by atoms with Gasteiger partial charge in [-0.3, -0.25) is 13.9 Å². The lowest BCUT2D eigenvalue weighted by Gasteiger charge is -2.33. The number of nitrogens with one attached hydrogen (secondary N) is 1. The number of carbonyl (C=O) groups excluding carboxylic acids is 2. The van der Waals surface area contributed by atoms with Gasteiger partial charge >= 0.3 is 0 Å². The number of rotatable bonds is 8. The first kappa shape index (κ1) is 28.0. The summed E-state index contributed by atoms with van der Waals surface area (Å²) in [6.07, 6.45) is 0.985. The van der Waals surface area contributed by atoms with Crippen LogP contribution < -0.4 is 9.62 Å². The first-order valence-corrected chi connectivity index (χ1v) is 13.3. The van der Waals surface area contributed by atoms with Gasteiger partial charge < -0.3 is 10.2 Å². The maximum Gasteiger partial charge on any atom is 0.244 e. The Balaban J connectivity index is 2.47. The Morgan fingerprint density at radius 2 is 1.68 bits per heavy atom. The minimum Gasteiger partial charge on any atom is -0.350 e. The van der Waals surface area contributed by atoms with Gasteiger partial charge in [-0.25, -0.2) is 8.42 Å². The van der Waals surface area contributed by atoms with E-state index in [9.17, 15) is 18.0 Å². The van der Waals surface area contributed by atoms with Gasteiger partial charge in [0.2, 0.25) is 21.8 Å². The van der Waals surface area contributed by atoms with E-state index >= 15 is 0 Å². The van der Waals surface area contributed by atoms with Gasteiger partial charge in [0.05, 0.1) is 22.0 Å². The number of nitrogens with zero attached hydrogens (tertiary/aromatic N) is 2. The largest absolute Gasteiger partial charge is 0.350 e. The van der Waals surface area contributed by atoms with Crippen molar-refractivity contribution in [2.24, 2.45) is 0 Å². The van der Waals surface area contributed by atoms with Crippen molar-refractivity contribution in [1.82, 2.24) is 10.2 Å². The molecule has 0 saturated carbocycles. The van der Waals surface area contributed by atoms with Gasteiger partial charge in [-0.05, 0) is 57.9 Å². The molecule has 0 saturated heterocycles. The Hall–Kier alpha value is -2.29. The summed E-state index contributed by atoms with van der Waals surface area (Å²) in [5.41, 5.74) is 1.38. The molecule has 2 aromatic rings. The minimum absolute atomic E-state index is 0.0198. The third-order valence-corrected chi connectivity index (χ3v) is 7.08. The van der Waals surface area contributed by atoms with E-state index in [1.165, 1.54) is 17.0 Å². The number of hydrogen-bond donors (Lipinski definition) is 1. The summed E-state index contributed by atoms with van der Waals surface area (Å²) in [7, 11) is -3.90. The van der Waals surface area contributed by atoms with Crippen LogP contribution in [0.15, 0.2) is 42.5 Å². The molecular weight excluding hydrogens is 497 g/mol. The van der Waals surface area contributed by atoms with E-state index < -0.39 is 34.1 Å². The molecule has 0 spiro atoms. The number of anilines is 1. The summed E-state index contributed by atoms with van der Waals surface area (Å²) < 4.78 is 26.2. The topological polar surface area (TPSA) is 86.8 Å². The normalized spacial score (nSPS) is 12.7. The van der Waals surface area contributed by atoms with Crippen molar-refractivity contribution in [3.8, 4) is 0 Å². The van der Waals surface area contributed by atoms with E-state index in [0.29, 0.717) is 0 Å². The average Bonchev–Trinajstić information content (AvgIpc) is 2.71. The van der Waals surface area contributed by atoms with Gasteiger partial charge in [-0.1, -0.05) is 53.5 Å². The van der Waals surface area contributed by atoms with Crippen molar-refractivity contribution in [3.05, 3.63) is 63.6 Å². The zero-order chi connectivity index (χ0) is 25.8. The third-order valence-electron chi connectivity index (χ3n) is 5.15. The maximum absolute atomic E-state index is 13.6. The summed E-state index contributed by atoms with van der Waals surface area (Å²) >= 11 is 12.3. The lowest BCUT2D eigenvalue weighted by Crippen LogP contribution is -2.54. The van der Waals surface area contributed by atoms with Gasteiger partial charge in [0, 0.05) is 12.1 Å². The van der Waals surface area contributed by atoms with E-state index in [1.807, 2.05) is 52.0 Å². The molecule has 34 heavy (non-hydrogen) atoms. The van der Waals surface area contributed by atoms with Crippen LogP contribution in [0.1, 0.15) is 38.8 Å². The van der Waals surface area contributed by atoms with E-state index in [-0.39, 0.29) is 28.2 Å². The molecule has 0 fully saturated rings. The maximum atomic E-state index is 13.6. The van der Waals surface area contributed by atoms with E-state index in [4.69, 9.17) is 23.2 Å². The molecule has 7 nitrogen and oxygen atoms in total. The van der Waals surface area contributed by atoms with Gasteiger partial charge in [0.1, 0.15) is 12.6 Å². The number of halogens is 2. The fourth-order valence-corrected chi connectivity index (χ4v) is 4.61. The molecule has 2 amide bonds. The predicted molar refractivity (Wildman–Crippen MR) is 138 cm³/mol. The van der Waals surface area contributed by atoms with E-state index in [1.54, 1.807) is 13.0 Å². The fourth-order valence-electron chi connectivity index (χ4n) is 3.31. The van der Waals surface area contributed by atoms with Gasteiger partial charge in [-0.15, -0.1) is 0 Å². The van der Waals surface area contributed by atoms with Crippen LogP contribution in [0.5, 0.6) is 0 Å². The second-order valence-corrected chi connectivity index (χ2v) is 11.9. The van der Waals surface area contributed by atoms with Crippen LogP contribution in [0, 0.1) is 6.92 Å². The molecule has 0 aliphatic carbocycles. The number of carbonyl (C=O) groups is 2. The molecule has 0 radical (unpaired) electrons. The highest BCUT2D eigenvalue weighted by molar-refractivity contribution is 7.92. The van der Waals surface area contributed by atoms with Crippen molar-refractivity contribution in [1.29, 1.82) is 0 Å². The number of benzene rings is 2. The molecule has 0 heterocycles. The molecule has 0 bridgehead atoms. The van der Waals surface area contributed by atoms with E-state index in [2.05, 4.69) is 5.32 Å². The summed E-state index contributed by atoms with van der Waals surface area (Å²) in [4.78, 5) is 27.9. The lowest BCUT2D eigenvalue weighted by molar-refractivity contribution is -0.140. The Morgan fingerprint density at radius 1 is 1.06 bits per heavy atom. The highest BCUT2D eigenvalue weighted by atomic mass is 35.5. The second kappa shape index (κ2) is 11.0. The smallest absolute Gasteiger partial charge is 0.244 e. The van der Waals surface area contributed by atoms with Gasteiger partial charge in [-0.2, -0.15) is 0 Å². The number of amides is 2. The number of hydrogen-bond acceptors (Lipinski definition) is 4. The average molecular weight is 529 g/mol. The van der Waals surface area contributed by atoms with Crippen LogP contribution in [0.2, 0.25) is 10.0 Å². The summed E-state index contributed by atoms with van der Waals surface area (Å²) in [5.74, 6) is -0.901. The molecule has 186 valence electrons. The SMILES string of the molecule is Cc1ccccc1CN(C(=O)CN(c1cccc(Cl)c1Cl)S(C)(=O)=O)C(C)C(=O)NC(C)(C)C. The zero-order valence-electron chi connectivity index (χ0n) is 20.2. The number of sulfonamides is 1. The Bertz CT molecular complexity index is 1160. The summed E-state index contributed by atoms with van der Waals surface area (Å²) in [5, 5.41) is 3.07. The van der Waals surface area contributed by atoms with Crippen molar-refractivity contribution in [2.45, 2.75) is 52.7 Å². The van der Waals surface area contributed by atoms with Crippen molar-refractivity contribution in [2.75, 3.05) is 17.1 Å². The molecule has 0 aromatic heterocycles. The summed E-state index contributed by atoms with van der Waals surface area (Å²) in [6, 6.07) is 11.2. The number of aryl methyl sites for hydroxylation is 1. The van der Waals surface area contributed by atoms with Crippen LogP contribution in [-0.4, -0.2) is 49.5 Å². The molecule has 1 N–H and O–H groups in total. The fraction of sp³-hybridized carbons (Fsp3) is 0.417. The molecule has 2 aromatic carbocycles. The first-order valence-electron chi connectivity index (χ1n) is 10.7. The van der Waals surface area contributed by atoms with Crippen LogP contribution in [-0.2, 0) is 26.2 Å². The molecule has 10 heteroatoms. The summed E-state index contributed by atoms with van der Waals surface area (Å²) in [6.45, 7) is 8.65. The molecule has 0 aliphatic heterocycles. The van der Waals surface area contributed by atoms with Gasteiger partial charge in [0.25, 0.3) is 0 Å². The van der Waals surface area contributed by atoms with Crippen molar-refractivity contribution in [3.63, 3.8) is 0 Å². The zero-order valence-corrected chi connectivity index (χ0v) is 22.6. The third kappa shape index (κ3) is 7.35. The monoisotopic (exact) mass is 527 g/mol. The van der Waals surface area contributed by atoms with Crippen molar-refractivity contribution < 1.29 is 18.0 Å². The van der Waals surface area contributed by atoms with Crippen LogP contribution in [0.25, 0.3) is 0 Å². The molecule has 1 unspecified atom stereocenters. The standard InChI is InChI=1S/C24H31Cl2N3O4S/c1-16-10-7-8-11-18(16)14-28(17(2)23(31)27-24(3,4)5)21(30)15-29(34(6,32)33)20-13-9-12-19(25)22(20)26/h7-13,17H,14-15H2,1-6H3,(H,27,31). The Labute approximate surface area is 212 Å². The quantitative estimate of drug-likeness (QED) is 0.551. The molecular formula is C24H31Cl2N3O4S. The highest BCUT2D eigenvalue weighted by Gasteiger charge is 2.32. The molecule has 0 aliphatic rings. The van der Waals surface area contributed by atoms with Crippen molar-refractivity contribution >= 4 is 50.7 Å². The first-order chi connectivity index (χ1) is 15.6. The van der Waals surface area contributed by atoms with Crippen LogP contribution in [0.4, 0.5) is 5.69 Å².